The van der Waals surface area contributed by atoms with Crippen LogP contribution in [0.3, 0.4) is 0 Å². The minimum Gasteiger partial charge on any atom is -0.392 e. The fraction of sp³-hybridized carbons (Fsp3) is 0.857. The van der Waals surface area contributed by atoms with Crippen LogP contribution in [-0.4, -0.2) is 32.5 Å². The summed E-state index contributed by atoms with van der Waals surface area (Å²) >= 11 is 0. The van der Waals surface area contributed by atoms with Gasteiger partial charge in [0.1, 0.15) is 12.2 Å². The van der Waals surface area contributed by atoms with Crippen LogP contribution >= 0.6 is 0 Å². The zero-order chi connectivity index (χ0) is 14.5. The average molecular weight is 268 g/mol. The quantitative estimate of drug-likeness (QED) is 0.792. The van der Waals surface area contributed by atoms with Gasteiger partial charge in [-0.1, -0.05) is 34.6 Å². The van der Waals surface area contributed by atoms with Crippen molar-refractivity contribution in [2.75, 3.05) is 6.54 Å². The third kappa shape index (κ3) is 6.68. The van der Waals surface area contributed by atoms with Crippen molar-refractivity contribution >= 4 is 0 Å². The first kappa shape index (κ1) is 16.1. The Balaban J connectivity index is 2.35. The molecule has 0 fully saturated rings. The van der Waals surface area contributed by atoms with Crippen LogP contribution in [0.25, 0.3) is 0 Å². The highest BCUT2D eigenvalue weighted by molar-refractivity contribution is 4.84. The Kier molecular flexibility index (Phi) is 5.94. The summed E-state index contributed by atoms with van der Waals surface area (Å²) in [5.74, 6) is 1.48. The number of aliphatic hydroxyl groups excluding tert-OH is 1. The molecule has 1 aromatic heterocycles. The van der Waals surface area contributed by atoms with Gasteiger partial charge < -0.3 is 10.4 Å². The summed E-state index contributed by atoms with van der Waals surface area (Å²) < 4.78 is 1.92. The first-order valence-electron chi connectivity index (χ1n) is 7.03. The summed E-state index contributed by atoms with van der Waals surface area (Å²) in [5, 5.41) is 17.4. The van der Waals surface area contributed by atoms with Crippen LogP contribution in [0.1, 0.15) is 46.9 Å². The van der Waals surface area contributed by atoms with E-state index in [1.165, 1.54) is 0 Å². The highest BCUT2D eigenvalue weighted by Crippen LogP contribution is 2.20. The van der Waals surface area contributed by atoms with Crippen LogP contribution in [0, 0.1) is 11.3 Å². The van der Waals surface area contributed by atoms with E-state index in [0.717, 1.165) is 18.8 Å². The third-order valence-electron chi connectivity index (χ3n) is 2.74. The van der Waals surface area contributed by atoms with Gasteiger partial charge in [0.15, 0.2) is 0 Å². The molecule has 2 N–H and O–H groups in total. The normalized spacial score (nSPS) is 14.1. The van der Waals surface area contributed by atoms with E-state index in [9.17, 15) is 5.11 Å². The number of rotatable bonds is 7. The highest BCUT2D eigenvalue weighted by atomic mass is 16.3. The Bertz CT molecular complexity index is 368. The first-order chi connectivity index (χ1) is 8.78. The molecule has 0 radical (unpaired) electrons. The second-order valence-electron chi connectivity index (χ2n) is 6.80. The van der Waals surface area contributed by atoms with Gasteiger partial charge >= 0.3 is 0 Å². The lowest BCUT2D eigenvalue weighted by molar-refractivity contribution is 0.119. The van der Waals surface area contributed by atoms with Crippen molar-refractivity contribution in [3.8, 4) is 0 Å². The third-order valence-corrected chi connectivity index (χ3v) is 2.74. The van der Waals surface area contributed by atoms with E-state index in [0.29, 0.717) is 19.0 Å². The van der Waals surface area contributed by atoms with Gasteiger partial charge in [-0.2, -0.15) is 5.10 Å². The molecule has 5 heteroatoms. The van der Waals surface area contributed by atoms with Gasteiger partial charge in [-0.15, -0.1) is 0 Å². The van der Waals surface area contributed by atoms with Crippen molar-refractivity contribution in [3.05, 3.63) is 12.2 Å². The van der Waals surface area contributed by atoms with E-state index in [1.807, 2.05) is 4.68 Å². The molecule has 110 valence electrons. The van der Waals surface area contributed by atoms with E-state index < -0.39 is 0 Å². The summed E-state index contributed by atoms with van der Waals surface area (Å²) in [6, 6.07) is 0. The summed E-state index contributed by atoms with van der Waals surface area (Å²) in [5.41, 5.74) is 0.152. The summed E-state index contributed by atoms with van der Waals surface area (Å²) in [6.07, 6.45) is 2.06. The summed E-state index contributed by atoms with van der Waals surface area (Å²) in [7, 11) is 0. The highest BCUT2D eigenvalue weighted by Gasteiger charge is 2.16. The van der Waals surface area contributed by atoms with Crippen molar-refractivity contribution in [2.24, 2.45) is 11.3 Å². The maximum atomic E-state index is 9.92. The van der Waals surface area contributed by atoms with E-state index in [1.54, 1.807) is 6.33 Å². The maximum absolute atomic E-state index is 9.92. The number of aromatic nitrogens is 3. The van der Waals surface area contributed by atoms with Gasteiger partial charge in [-0.05, 0) is 17.8 Å². The fourth-order valence-electron chi connectivity index (χ4n) is 2.05. The van der Waals surface area contributed by atoms with Crippen LogP contribution in [-0.2, 0) is 13.1 Å². The Morgan fingerprint density at radius 2 is 2.05 bits per heavy atom. The van der Waals surface area contributed by atoms with E-state index in [-0.39, 0.29) is 11.5 Å². The van der Waals surface area contributed by atoms with Crippen molar-refractivity contribution in [2.45, 2.75) is 60.2 Å². The molecule has 0 aromatic carbocycles. The van der Waals surface area contributed by atoms with Crippen molar-refractivity contribution in [3.63, 3.8) is 0 Å². The molecule has 0 amide bonds. The van der Waals surface area contributed by atoms with Crippen LogP contribution in [0.15, 0.2) is 6.33 Å². The Labute approximate surface area is 116 Å². The molecule has 0 bridgehead atoms. The monoisotopic (exact) mass is 268 g/mol. The Morgan fingerprint density at radius 3 is 2.63 bits per heavy atom. The van der Waals surface area contributed by atoms with E-state index >= 15 is 0 Å². The molecule has 19 heavy (non-hydrogen) atoms. The molecule has 1 atom stereocenters. The molecule has 5 nitrogen and oxygen atoms in total. The average Bonchev–Trinajstić information content (AvgIpc) is 2.62. The molecule has 0 saturated heterocycles. The zero-order valence-corrected chi connectivity index (χ0v) is 12.8. The molecule has 0 spiro atoms. The molecule has 1 unspecified atom stereocenters. The second kappa shape index (κ2) is 7.01. The molecule has 1 heterocycles. The molecule has 0 aliphatic heterocycles. The predicted octanol–water partition coefficient (Wildman–Crippen LogP) is 1.82. The van der Waals surface area contributed by atoms with Gasteiger partial charge in [0.05, 0.1) is 12.6 Å². The van der Waals surface area contributed by atoms with Crippen LogP contribution in [0.4, 0.5) is 0 Å². The fourth-order valence-corrected chi connectivity index (χ4v) is 2.05. The van der Waals surface area contributed by atoms with Gasteiger partial charge in [0.2, 0.25) is 0 Å². The first-order valence-corrected chi connectivity index (χ1v) is 7.03. The number of nitrogens with one attached hydrogen (secondary N) is 1. The van der Waals surface area contributed by atoms with E-state index in [4.69, 9.17) is 0 Å². The van der Waals surface area contributed by atoms with E-state index in [2.05, 4.69) is 50.0 Å². The number of hydrogen-bond donors (Lipinski definition) is 2. The van der Waals surface area contributed by atoms with Gasteiger partial charge in [0, 0.05) is 13.1 Å². The van der Waals surface area contributed by atoms with Crippen LogP contribution < -0.4 is 5.32 Å². The maximum Gasteiger partial charge on any atom is 0.140 e. The number of nitrogens with zero attached hydrogens (tertiary/aromatic N) is 3. The molecule has 0 aliphatic rings. The SMILES string of the molecule is CC(C)Cn1ncnc1CNCC(O)CC(C)(C)C. The van der Waals surface area contributed by atoms with Crippen molar-refractivity contribution < 1.29 is 5.11 Å². The zero-order valence-electron chi connectivity index (χ0n) is 12.8. The summed E-state index contributed by atoms with van der Waals surface area (Å²) in [6.45, 7) is 12.8. The molecular formula is C14H28N4O. The lowest BCUT2D eigenvalue weighted by atomic mass is 9.89. The second-order valence-corrected chi connectivity index (χ2v) is 6.80. The standard InChI is InChI=1S/C14H28N4O/c1-11(2)9-18-13(16-10-17-18)8-15-7-12(19)6-14(3,4)5/h10-12,15,19H,6-9H2,1-5H3. The van der Waals surface area contributed by atoms with Crippen molar-refractivity contribution in [1.29, 1.82) is 0 Å². The topological polar surface area (TPSA) is 63.0 Å². The number of hydrogen-bond acceptors (Lipinski definition) is 4. The van der Waals surface area contributed by atoms with Gasteiger partial charge in [0.25, 0.3) is 0 Å². The smallest absolute Gasteiger partial charge is 0.140 e. The molecular weight excluding hydrogens is 240 g/mol. The van der Waals surface area contributed by atoms with Crippen LogP contribution in [0.5, 0.6) is 0 Å². The van der Waals surface area contributed by atoms with Gasteiger partial charge in [-0.25, -0.2) is 9.67 Å². The lowest BCUT2D eigenvalue weighted by Gasteiger charge is -2.22. The number of aliphatic hydroxyl groups is 1. The molecule has 0 saturated carbocycles. The van der Waals surface area contributed by atoms with Gasteiger partial charge in [-0.3, -0.25) is 0 Å². The predicted molar refractivity (Wildman–Crippen MR) is 76.6 cm³/mol. The minimum absolute atomic E-state index is 0.152. The summed E-state index contributed by atoms with van der Waals surface area (Å²) in [4.78, 5) is 4.25. The minimum atomic E-state index is -0.318. The van der Waals surface area contributed by atoms with Crippen molar-refractivity contribution in [1.82, 2.24) is 20.1 Å². The Hall–Kier alpha value is -0.940. The molecule has 0 aliphatic carbocycles. The molecule has 1 aromatic rings. The Morgan fingerprint density at radius 1 is 1.37 bits per heavy atom. The van der Waals surface area contributed by atoms with Crippen LogP contribution in [0.2, 0.25) is 0 Å². The molecule has 1 rings (SSSR count). The largest absolute Gasteiger partial charge is 0.392 e. The lowest BCUT2D eigenvalue weighted by Crippen LogP contribution is -2.30.